The van der Waals surface area contributed by atoms with Gasteiger partial charge in [0.1, 0.15) is 0 Å². The van der Waals surface area contributed by atoms with Crippen LogP contribution >= 0.6 is 0 Å². The summed E-state index contributed by atoms with van der Waals surface area (Å²) >= 11 is 0. The van der Waals surface area contributed by atoms with Crippen molar-refractivity contribution in [3.8, 4) is 0 Å². The number of carboxylic acids is 1. The molecular weight excluding hydrogens is 200 g/mol. The van der Waals surface area contributed by atoms with E-state index in [-0.39, 0.29) is 25.0 Å². The molecule has 2 N–H and O–H groups in total. The van der Waals surface area contributed by atoms with Crippen molar-refractivity contribution < 1.29 is 19.4 Å². The van der Waals surface area contributed by atoms with Crippen LogP contribution in [-0.2, 0) is 9.53 Å². The first-order valence-electron chi connectivity index (χ1n) is 4.70. The van der Waals surface area contributed by atoms with E-state index >= 15 is 0 Å². The number of amides is 2. The Morgan fingerprint density at radius 1 is 1.53 bits per heavy atom. The predicted molar refractivity (Wildman–Crippen MR) is 54.8 cm³/mol. The molecule has 1 atom stereocenters. The Kier molecular flexibility index (Phi) is 6.44. The topological polar surface area (TPSA) is 78.9 Å². The molecule has 88 valence electrons. The minimum Gasteiger partial charge on any atom is -0.481 e. The molecule has 0 bridgehead atoms. The SMILES string of the molecule is COCC(C)N(C)C(=O)NCCC(=O)O. The third-order valence-corrected chi connectivity index (χ3v) is 2.00. The lowest BCUT2D eigenvalue weighted by Crippen LogP contribution is -2.44. The second kappa shape index (κ2) is 7.05. The molecule has 6 heteroatoms. The van der Waals surface area contributed by atoms with E-state index in [1.807, 2.05) is 6.92 Å². The minimum atomic E-state index is -0.928. The van der Waals surface area contributed by atoms with Crippen LogP contribution in [-0.4, -0.2) is 55.4 Å². The zero-order chi connectivity index (χ0) is 11.8. The number of hydrogen-bond acceptors (Lipinski definition) is 3. The van der Waals surface area contributed by atoms with Gasteiger partial charge in [0.25, 0.3) is 0 Å². The Hall–Kier alpha value is -1.30. The first kappa shape index (κ1) is 13.7. The van der Waals surface area contributed by atoms with E-state index in [2.05, 4.69) is 5.32 Å². The molecule has 0 heterocycles. The maximum atomic E-state index is 11.4. The van der Waals surface area contributed by atoms with E-state index in [0.717, 1.165) is 0 Å². The summed E-state index contributed by atoms with van der Waals surface area (Å²) in [6.07, 6.45) is -0.0712. The number of carboxylic acid groups (broad SMARTS) is 1. The summed E-state index contributed by atoms with van der Waals surface area (Å²) in [7, 11) is 3.20. The van der Waals surface area contributed by atoms with E-state index in [0.29, 0.717) is 6.61 Å². The smallest absolute Gasteiger partial charge is 0.317 e. The van der Waals surface area contributed by atoms with Crippen LogP contribution in [0.25, 0.3) is 0 Å². The van der Waals surface area contributed by atoms with Gasteiger partial charge in [-0.25, -0.2) is 4.79 Å². The number of carbonyl (C=O) groups is 2. The number of nitrogens with zero attached hydrogens (tertiary/aromatic N) is 1. The fourth-order valence-electron chi connectivity index (χ4n) is 0.954. The highest BCUT2D eigenvalue weighted by Gasteiger charge is 2.14. The molecule has 1 unspecified atom stereocenters. The molecule has 0 aliphatic carbocycles. The highest BCUT2D eigenvalue weighted by molar-refractivity contribution is 5.75. The molecule has 0 aromatic heterocycles. The number of methoxy groups -OCH3 is 1. The van der Waals surface area contributed by atoms with E-state index in [1.165, 1.54) is 4.90 Å². The Labute approximate surface area is 89.2 Å². The number of carbonyl (C=O) groups excluding carboxylic acids is 1. The van der Waals surface area contributed by atoms with Crippen LogP contribution in [0.5, 0.6) is 0 Å². The minimum absolute atomic E-state index is 0.0418. The third-order valence-electron chi connectivity index (χ3n) is 2.00. The molecule has 0 aromatic rings. The summed E-state index contributed by atoms with van der Waals surface area (Å²) in [6.45, 7) is 2.43. The second-order valence-electron chi connectivity index (χ2n) is 3.29. The molecule has 6 nitrogen and oxygen atoms in total. The zero-order valence-electron chi connectivity index (χ0n) is 9.32. The van der Waals surface area contributed by atoms with Gasteiger partial charge in [0, 0.05) is 20.7 Å². The van der Waals surface area contributed by atoms with Crippen molar-refractivity contribution in [3.63, 3.8) is 0 Å². The van der Waals surface area contributed by atoms with Crippen molar-refractivity contribution in [3.05, 3.63) is 0 Å². The normalized spacial score (nSPS) is 11.9. The summed E-state index contributed by atoms with van der Waals surface area (Å²) in [5.74, 6) is -0.928. The van der Waals surface area contributed by atoms with E-state index in [9.17, 15) is 9.59 Å². The van der Waals surface area contributed by atoms with Gasteiger partial charge in [-0.15, -0.1) is 0 Å². The number of nitrogens with one attached hydrogen (secondary N) is 1. The van der Waals surface area contributed by atoms with Gasteiger partial charge in [-0.05, 0) is 6.92 Å². The van der Waals surface area contributed by atoms with Crippen LogP contribution in [0.15, 0.2) is 0 Å². The van der Waals surface area contributed by atoms with E-state index in [4.69, 9.17) is 9.84 Å². The second-order valence-corrected chi connectivity index (χ2v) is 3.29. The van der Waals surface area contributed by atoms with Gasteiger partial charge >= 0.3 is 12.0 Å². The quantitative estimate of drug-likeness (QED) is 0.664. The number of aliphatic carboxylic acids is 1. The molecule has 0 aliphatic heterocycles. The van der Waals surface area contributed by atoms with Crippen LogP contribution < -0.4 is 5.32 Å². The average Bonchev–Trinajstić information content (AvgIpc) is 2.16. The molecule has 0 fully saturated rings. The number of ether oxygens (including phenoxy) is 1. The van der Waals surface area contributed by atoms with Crippen LogP contribution in [0.3, 0.4) is 0 Å². The highest BCUT2D eigenvalue weighted by Crippen LogP contribution is 1.96. The van der Waals surface area contributed by atoms with Crippen molar-refractivity contribution in [1.29, 1.82) is 0 Å². The largest absolute Gasteiger partial charge is 0.481 e. The maximum Gasteiger partial charge on any atom is 0.317 e. The van der Waals surface area contributed by atoms with Crippen molar-refractivity contribution in [2.24, 2.45) is 0 Å². The fourth-order valence-corrected chi connectivity index (χ4v) is 0.954. The molecule has 2 amide bonds. The van der Waals surface area contributed by atoms with Gasteiger partial charge in [0.15, 0.2) is 0 Å². The summed E-state index contributed by atoms with van der Waals surface area (Å²) in [5, 5.41) is 10.9. The van der Waals surface area contributed by atoms with Gasteiger partial charge < -0.3 is 20.1 Å². The molecule has 0 aliphatic rings. The Bertz CT molecular complexity index is 220. The standard InChI is InChI=1S/C9H18N2O4/c1-7(6-15-3)11(2)9(14)10-5-4-8(12)13/h7H,4-6H2,1-3H3,(H,10,14)(H,12,13). The summed E-state index contributed by atoms with van der Waals surface area (Å²) in [6, 6.07) is -0.333. The maximum absolute atomic E-state index is 11.4. The van der Waals surface area contributed by atoms with Crippen molar-refractivity contribution in [2.45, 2.75) is 19.4 Å². The predicted octanol–water partition coefficient (Wildman–Crippen LogP) is 0.137. The van der Waals surface area contributed by atoms with E-state index < -0.39 is 5.97 Å². The average molecular weight is 218 g/mol. The molecule has 0 spiro atoms. The van der Waals surface area contributed by atoms with Crippen LogP contribution in [0.1, 0.15) is 13.3 Å². The monoisotopic (exact) mass is 218 g/mol. The molecule has 0 saturated heterocycles. The molecule has 0 saturated carbocycles. The first-order chi connectivity index (χ1) is 6.99. The van der Waals surface area contributed by atoms with Gasteiger partial charge in [-0.2, -0.15) is 0 Å². The van der Waals surface area contributed by atoms with E-state index in [1.54, 1.807) is 14.2 Å². The number of likely N-dealkylation sites (N-methyl/N-ethyl adjacent to an activating group) is 1. The molecule has 15 heavy (non-hydrogen) atoms. The Morgan fingerprint density at radius 3 is 2.60 bits per heavy atom. The molecule has 0 rings (SSSR count). The van der Waals surface area contributed by atoms with Gasteiger partial charge in [0.05, 0.1) is 19.1 Å². The summed E-state index contributed by atoms with van der Waals surface area (Å²) in [4.78, 5) is 23.1. The van der Waals surface area contributed by atoms with Crippen LogP contribution in [0.2, 0.25) is 0 Å². The lowest BCUT2D eigenvalue weighted by atomic mass is 10.3. The number of rotatable bonds is 6. The van der Waals surface area contributed by atoms with Gasteiger partial charge in [-0.1, -0.05) is 0 Å². The van der Waals surface area contributed by atoms with Crippen molar-refractivity contribution in [2.75, 3.05) is 27.3 Å². The lowest BCUT2D eigenvalue weighted by Gasteiger charge is -2.24. The lowest BCUT2D eigenvalue weighted by molar-refractivity contribution is -0.136. The highest BCUT2D eigenvalue weighted by atomic mass is 16.5. The fraction of sp³-hybridized carbons (Fsp3) is 0.778. The zero-order valence-corrected chi connectivity index (χ0v) is 9.32. The van der Waals surface area contributed by atoms with Gasteiger partial charge in [-0.3, -0.25) is 4.79 Å². The third kappa shape index (κ3) is 5.90. The molecular formula is C9H18N2O4. The molecule has 0 aromatic carbocycles. The van der Waals surface area contributed by atoms with Crippen molar-refractivity contribution in [1.82, 2.24) is 10.2 Å². The van der Waals surface area contributed by atoms with Crippen molar-refractivity contribution >= 4 is 12.0 Å². The first-order valence-corrected chi connectivity index (χ1v) is 4.70. The number of urea groups is 1. The summed E-state index contributed by atoms with van der Waals surface area (Å²) in [5.41, 5.74) is 0. The van der Waals surface area contributed by atoms with Crippen LogP contribution in [0, 0.1) is 0 Å². The Balaban J connectivity index is 3.83. The molecule has 0 radical (unpaired) electrons. The summed E-state index contributed by atoms with van der Waals surface area (Å²) < 4.78 is 4.90. The van der Waals surface area contributed by atoms with Gasteiger partial charge in [0.2, 0.25) is 0 Å². The number of hydrogen-bond donors (Lipinski definition) is 2. The van der Waals surface area contributed by atoms with Crippen LogP contribution in [0.4, 0.5) is 4.79 Å². The Morgan fingerprint density at radius 2 is 2.13 bits per heavy atom.